The molecule has 1 aliphatic heterocycles. The molecule has 7 heteroatoms. The van der Waals surface area contributed by atoms with Crippen LogP contribution in [0.25, 0.3) is 0 Å². The predicted molar refractivity (Wildman–Crippen MR) is 70.8 cm³/mol. The summed E-state index contributed by atoms with van der Waals surface area (Å²) in [6, 6.07) is 3.17. The third kappa shape index (κ3) is 2.59. The molecule has 0 unspecified atom stereocenters. The van der Waals surface area contributed by atoms with Crippen molar-refractivity contribution in [3.63, 3.8) is 0 Å². The van der Waals surface area contributed by atoms with Gasteiger partial charge in [0.1, 0.15) is 5.69 Å². The highest BCUT2D eigenvalue weighted by atomic mass is 16.6. The molecule has 0 radical (unpaired) electrons. The van der Waals surface area contributed by atoms with Crippen molar-refractivity contribution in [3.8, 4) is 0 Å². The summed E-state index contributed by atoms with van der Waals surface area (Å²) in [6.45, 7) is 0.989. The zero-order chi connectivity index (χ0) is 14.0. The molecule has 1 aromatic carbocycles. The van der Waals surface area contributed by atoms with E-state index in [1.807, 2.05) is 0 Å². The molecule has 0 aliphatic carbocycles. The lowest BCUT2D eigenvalue weighted by atomic mass is 10.1. The van der Waals surface area contributed by atoms with Crippen molar-refractivity contribution in [1.82, 2.24) is 0 Å². The van der Waals surface area contributed by atoms with Crippen molar-refractivity contribution < 1.29 is 14.8 Å². The highest BCUT2D eigenvalue weighted by Gasteiger charge is 2.26. The van der Waals surface area contributed by atoms with Crippen molar-refractivity contribution in [1.29, 1.82) is 0 Å². The van der Waals surface area contributed by atoms with Gasteiger partial charge in [-0.2, -0.15) is 0 Å². The lowest BCUT2D eigenvalue weighted by Gasteiger charge is -2.21. The van der Waals surface area contributed by atoms with E-state index < -0.39 is 10.9 Å². The van der Waals surface area contributed by atoms with E-state index in [2.05, 4.69) is 5.32 Å². The predicted octanol–water partition coefficient (Wildman–Crippen LogP) is 1.47. The Labute approximate surface area is 110 Å². The first-order chi connectivity index (χ1) is 9.00. The van der Waals surface area contributed by atoms with Gasteiger partial charge in [0, 0.05) is 37.5 Å². The van der Waals surface area contributed by atoms with Gasteiger partial charge < -0.3 is 15.3 Å². The summed E-state index contributed by atoms with van der Waals surface area (Å²) >= 11 is 0. The number of fused-ring (bicyclic) bond motifs is 1. The molecule has 1 aliphatic rings. The highest BCUT2D eigenvalue weighted by molar-refractivity contribution is 5.78. The molecule has 0 bridgehead atoms. The van der Waals surface area contributed by atoms with E-state index in [0.29, 0.717) is 12.1 Å². The van der Waals surface area contributed by atoms with Crippen LogP contribution < -0.4 is 10.2 Å². The maximum atomic E-state index is 11.1. The SMILES string of the molecule is CN(CCC(=O)O)c1c([N+](=O)[O-])ccc2c1CCN2. The Bertz CT molecular complexity index is 530. The van der Waals surface area contributed by atoms with Crippen molar-refractivity contribution in [2.45, 2.75) is 12.8 Å². The van der Waals surface area contributed by atoms with Crippen molar-refractivity contribution in [2.75, 3.05) is 30.4 Å². The van der Waals surface area contributed by atoms with E-state index in [4.69, 9.17) is 5.11 Å². The van der Waals surface area contributed by atoms with Crippen LogP contribution in [0.1, 0.15) is 12.0 Å². The minimum absolute atomic E-state index is 0.0235. The molecule has 1 aromatic rings. The molecular weight excluding hydrogens is 250 g/mol. The first kappa shape index (κ1) is 13.1. The number of nitro groups is 1. The summed E-state index contributed by atoms with van der Waals surface area (Å²) < 4.78 is 0. The van der Waals surface area contributed by atoms with E-state index >= 15 is 0 Å². The molecule has 0 saturated heterocycles. The van der Waals surface area contributed by atoms with Crippen LogP contribution in [0.4, 0.5) is 17.1 Å². The smallest absolute Gasteiger partial charge is 0.305 e. The van der Waals surface area contributed by atoms with Crippen LogP contribution in [0.2, 0.25) is 0 Å². The van der Waals surface area contributed by atoms with Crippen LogP contribution in [0, 0.1) is 10.1 Å². The van der Waals surface area contributed by atoms with Gasteiger partial charge in [0.2, 0.25) is 0 Å². The Morgan fingerprint density at radius 1 is 1.58 bits per heavy atom. The number of rotatable bonds is 5. The van der Waals surface area contributed by atoms with Gasteiger partial charge in [-0.05, 0) is 12.5 Å². The number of aliphatic carboxylic acids is 1. The van der Waals surface area contributed by atoms with Crippen molar-refractivity contribution in [3.05, 3.63) is 27.8 Å². The van der Waals surface area contributed by atoms with Crippen LogP contribution in [0.3, 0.4) is 0 Å². The third-order valence-electron chi connectivity index (χ3n) is 3.19. The fourth-order valence-corrected chi connectivity index (χ4v) is 2.31. The zero-order valence-electron chi connectivity index (χ0n) is 10.5. The molecular formula is C12H15N3O4. The van der Waals surface area contributed by atoms with Gasteiger partial charge in [-0.1, -0.05) is 0 Å². The number of carbonyl (C=O) groups is 1. The second-order valence-corrected chi connectivity index (χ2v) is 4.46. The number of anilines is 2. The van der Waals surface area contributed by atoms with Crippen LogP contribution in [0.5, 0.6) is 0 Å². The summed E-state index contributed by atoms with van der Waals surface area (Å²) in [4.78, 5) is 22.9. The first-order valence-corrected chi connectivity index (χ1v) is 5.97. The molecule has 0 aromatic heterocycles. The van der Waals surface area contributed by atoms with Crippen molar-refractivity contribution in [2.24, 2.45) is 0 Å². The first-order valence-electron chi connectivity index (χ1n) is 5.97. The van der Waals surface area contributed by atoms with Crippen LogP contribution >= 0.6 is 0 Å². The van der Waals surface area contributed by atoms with E-state index in [1.54, 1.807) is 18.0 Å². The second-order valence-electron chi connectivity index (χ2n) is 4.46. The maximum Gasteiger partial charge on any atom is 0.305 e. The molecule has 19 heavy (non-hydrogen) atoms. The number of nitrogens with zero attached hydrogens (tertiary/aromatic N) is 2. The Morgan fingerprint density at radius 2 is 2.32 bits per heavy atom. The Morgan fingerprint density at radius 3 is 2.95 bits per heavy atom. The molecule has 2 rings (SSSR count). The third-order valence-corrected chi connectivity index (χ3v) is 3.19. The second kappa shape index (κ2) is 5.13. The lowest BCUT2D eigenvalue weighted by molar-refractivity contribution is -0.384. The van der Waals surface area contributed by atoms with Gasteiger partial charge in [-0.25, -0.2) is 0 Å². The highest BCUT2D eigenvalue weighted by Crippen LogP contribution is 2.38. The Kier molecular flexibility index (Phi) is 3.55. The molecule has 102 valence electrons. The maximum absolute atomic E-state index is 11.1. The topological polar surface area (TPSA) is 95.7 Å². The molecule has 2 N–H and O–H groups in total. The number of carboxylic acids is 1. The Balaban J connectivity index is 2.38. The quantitative estimate of drug-likeness (QED) is 0.618. The summed E-state index contributed by atoms with van der Waals surface area (Å²) in [6.07, 6.45) is 0.661. The largest absolute Gasteiger partial charge is 0.481 e. The summed E-state index contributed by atoms with van der Waals surface area (Å²) in [5, 5.41) is 23.0. The molecule has 7 nitrogen and oxygen atoms in total. The van der Waals surface area contributed by atoms with E-state index in [9.17, 15) is 14.9 Å². The van der Waals surface area contributed by atoms with Gasteiger partial charge in [-0.15, -0.1) is 0 Å². The van der Waals surface area contributed by atoms with Gasteiger partial charge in [-0.3, -0.25) is 14.9 Å². The summed E-state index contributed by atoms with van der Waals surface area (Å²) in [5.74, 6) is -0.916. The van der Waals surface area contributed by atoms with E-state index in [1.165, 1.54) is 6.07 Å². The molecule has 1 heterocycles. The van der Waals surface area contributed by atoms with E-state index in [0.717, 1.165) is 17.8 Å². The van der Waals surface area contributed by atoms with Crippen LogP contribution in [-0.4, -0.2) is 36.1 Å². The molecule has 0 fully saturated rings. The minimum Gasteiger partial charge on any atom is -0.481 e. The van der Waals surface area contributed by atoms with Gasteiger partial charge >= 0.3 is 5.97 Å². The summed E-state index contributed by atoms with van der Waals surface area (Å²) in [5.41, 5.74) is 2.33. The fourth-order valence-electron chi connectivity index (χ4n) is 2.31. The molecule has 0 saturated carbocycles. The average molecular weight is 265 g/mol. The molecule has 0 amide bonds. The Hall–Kier alpha value is -2.31. The molecule has 0 atom stereocenters. The van der Waals surface area contributed by atoms with Crippen molar-refractivity contribution >= 4 is 23.0 Å². The number of nitrogens with one attached hydrogen (secondary N) is 1. The zero-order valence-corrected chi connectivity index (χ0v) is 10.5. The lowest BCUT2D eigenvalue weighted by Crippen LogP contribution is -2.23. The average Bonchev–Trinajstić information content (AvgIpc) is 2.82. The van der Waals surface area contributed by atoms with Crippen LogP contribution in [0.15, 0.2) is 12.1 Å². The number of hydrogen-bond acceptors (Lipinski definition) is 5. The monoisotopic (exact) mass is 265 g/mol. The number of nitro benzene ring substituents is 1. The minimum atomic E-state index is -0.916. The van der Waals surface area contributed by atoms with Gasteiger partial charge in [0.05, 0.1) is 11.3 Å². The number of hydrogen-bond donors (Lipinski definition) is 2. The van der Waals surface area contributed by atoms with Gasteiger partial charge in [0.25, 0.3) is 5.69 Å². The van der Waals surface area contributed by atoms with Gasteiger partial charge in [0.15, 0.2) is 0 Å². The van der Waals surface area contributed by atoms with Crippen LogP contribution in [-0.2, 0) is 11.2 Å². The fraction of sp³-hybridized carbons (Fsp3) is 0.417. The normalized spacial score (nSPS) is 12.7. The standard InChI is InChI=1S/C12H15N3O4/c1-14(7-5-11(16)17)12-8-4-6-13-9(8)2-3-10(12)15(18)19/h2-3,13H,4-7H2,1H3,(H,16,17). The van der Waals surface area contributed by atoms with E-state index in [-0.39, 0.29) is 18.7 Å². The summed E-state index contributed by atoms with van der Waals surface area (Å²) in [7, 11) is 1.68. The number of benzene rings is 1. The molecule has 0 spiro atoms. The number of carboxylic acid groups (broad SMARTS) is 1.